The average molecular weight is 426 g/mol. The van der Waals surface area contributed by atoms with Crippen molar-refractivity contribution in [3.63, 3.8) is 0 Å². The van der Waals surface area contributed by atoms with E-state index in [0.29, 0.717) is 13.0 Å². The molecule has 1 heterocycles. The first kappa shape index (κ1) is 22.2. The van der Waals surface area contributed by atoms with Crippen LogP contribution >= 0.6 is 11.3 Å². The summed E-state index contributed by atoms with van der Waals surface area (Å²) in [4.78, 5) is 22.4. The van der Waals surface area contributed by atoms with E-state index in [4.69, 9.17) is 9.72 Å². The van der Waals surface area contributed by atoms with E-state index >= 15 is 0 Å². The van der Waals surface area contributed by atoms with E-state index in [-0.39, 0.29) is 5.91 Å². The molecule has 0 unspecified atom stereocenters. The van der Waals surface area contributed by atoms with Gasteiger partial charge in [-0.2, -0.15) is 0 Å². The van der Waals surface area contributed by atoms with Crippen molar-refractivity contribution in [3.05, 3.63) is 53.1 Å². The Morgan fingerprint density at radius 3 is 2.53 bits per heavy atom. The summed E-state index contributed by atoms with van der Waals surface area (Å²) in [6, 6.07) is 12.1. The largest absolute Gasteiger partial charge is 0.497 e. The lowest BCUT2D eigenvalue weighted by atomic mass is 10.0. The third kappa shape index (κ3) is 5.18. The number of aromatic nitrogens is 1. The summed E-state index contributed by atoms with van der Waals surface area (Å²) in [5.41, 5.74) is 4.29. The van der Waals surface area contributed by atoms with E-state index in [2.05, 4.69) is 50.8 Å². The van der Waals surface area contributed by atoms with Crippen molar-refractivity contribution in [2.45, 2.75) is 34.1 Å². The first-order valence-electron chi connectivity index (χ1n) is 10.5. The zero-order chi connectivity index (χ0) is 21.7. The molecule has 3 aromatic rings. The van der Waals surface area contributed by atoms with Crippen LogP contribution in [0.3, 0.4) is 0 Å². The number of hydrogen-bond donors (Lipinski definition) is 0. The van der Waals surface area contributed by atoms with Crippen LogP contribution in [0.15, 0.2) is 36.4 Å². The molecular formula is C24H31N3O2S. The molecule has 0 aliphatic heterocycles. The highest BCUT2D eigenvalue weighted by Crippen LogP contribution is 2.32. The molecule has 0 bridgehead atoms. The maximum absolute atomic E-state index is 13.4. The van der Waals surface area contributed by atoms with Gasteiger partial charge in [0.15, 0.2) is 5.13 Å². The number of ether oxygens (including phenoxy) is 1. The van der Waals surface area contributed by atoms with Gasteiger partial charge in [0.05, 0.1) is 23.7 Å². The predicted molar refractivity (Wildman–Crippen MR) is 126 cm³/mol. The molecule has 0 atom stereocenters. The fraction of sp³-hybridized carbons (Fsp3) is 0.417. The fourth-order valence-electron chi connectivity index (χ4n) is 3.49. The number of fused-ring (bicyclic) bond motifs is 1. The summed E-state index contributed by atoms with van der Waals surface area (Å²) in [6.07, 6.45) is 0.380. The molecule has 3 rings (SSSR count). The maximum Gasteiger partial charge on any atom is 0.233 e. The van der Waals surface area contributed by atoms with Gasteiger partial charge in [-0.15, -0.1) is 0 Å². The fourth-order valence-corrected chi connectivity index (χ4v) is 4.53. The molecule has 160 valence electrons. The number of benzene rings is 2. The van der Waals surface area contributed by atoms with Crippen LogP contribution in [0.4, 0.5) is 5.13 Å². The van der Waals surface area contributed by atoms with Gasteiger partial charge in [0, 0.05) is 13.1 Å². The Morgan fingerprint density at radius 1 is 1.07 bits per heavy atom. The summed E-state index contributed by atoms with van der Waals surface area (Å²) >= 11 is 1.54. The summed E-state index contributed by atoms with van der Waals surface area (Å²) in [7, 11) is 1.66. The normalized spacial score (nSPS) is 11.3. The molecule has 0 fully saturated rings. The zero-order valence-corrected chi connectivity index (χ0v) is 19.4. The van der Waals surface area contributed by atoms with Crippen LogP contribution in [-0.2, 0) is 11.2 Å². The van der Waals surface area contributed by atoms with Crippen LogP contribution in [0.5, 0.6) is 5.75 Å². The molecule has 0 saturated carbocycles. The third-order valence-corrected chi connectivity index (χ3v) is 6.54. The number of thiazole rings is 1. The Kier molecular flexibility index (Phi) is 7.45. The standard InChI is InChI=1S/C24H31N3O2S/c1-6-26(7-2)12-13-27(23(28)15-19-14-17(3)8-9-18(19)4)24-25-21-11-10-20(29-5)16-22(21)30-24/h8-11,14,16H,6-7,12-13,15H2,1-5H3. The van der Waals surface area contributed by atoms with Crippen molar-refractivity contribution < 1.29 is 9.53 Å². The Bertz CT molecular complexity index is 1010. The van der Waals surface area contributed by atoms with Gasteiger partial charge in [-0.25, -0.2) is 4.98 Å². The van der Waals surface area contributed by atoms with Crippen molar-refractivity contribution in [1.82, 2.24) is 9.88 Å². The number of aryl methyl sites for hydroxylation is 2. The van der Waals surface area contributed by atoms with Crippen LogP contribution < -0.4 is 9.64 Å². The van der Waals surface area contributed by atoms with Gasteiger partial charge in [0.1, 0.15) is 5.75 Å². The molecule has 0 saturated heterocycles. The van der Waals surface area contributed by atoms with E-state index < -0.39 is 0 Å². The number of methoxy groups -OCH3 is 1. The lowest BCUT2D eigenvalue weighted by molar-refractivity contribution is -0.118. The van der Waals surface area contributed by atoms with Gasteiger partial charge < -0.3 is 9.64 Å². The van der Waals surface area contributed by atoms with Crippen molar-refractivity contribution in [3.8, 4) is 5.75 Å². The highest BCUT2D eigenvalue weighted by molar-refractivity contribution is 7.22. The van der Waals surface area contributed by atoms with Gasteiger partial charge in [-0.3, -0.25) is 9.69 Å². The van der Waals surface area contributed by atoms with E-state index in [9.17, 15) is 4.79 Å². The number of likely N-dealkylation sites (N-methyl/N-ethyl adjacent to an activating group) is 1. The molecular weight excluding hydrogens is 394 g/mol. The molecule has 2 aromatic carbocycles. The first-order chi connectivity index (χ1) is 14.4. The number of rotatable bonds is 9. The number of amides is 1. The predicted octanol–water partition coefficient (Wildman–Crippen LogP) is 4.84. The number of carbonyl (C=O) groups excluding carboxylic acids is 1. The average Bonchev–Trinajstić information content (AvgIpc) is 3.16. The lowest BCUT2D eigenvalue weighted by Crippen LogP contribution is -2.39. The van der Waals surface area contributed by atoms with E-state index in [1.807, 2.05) is 23.1 Å². The van der Waals surface area contributed by atoms with Crippen molar-refractivity contribution in [1.29, 1.82) is 0 Å². The topological polar surface area (TPSA) is 45.7 Å². The minimum absolute atomic E-state index is 0.0851. The number of hydrogen-bond acceptors (Lipinski definition) is 5. The minimum Gasteiger partial charge on any atom is -0.497 e. The molecule has 0 spiro atoms. The molecule has 5 nitrogen and oxygen atoms in total. The Balaban J connectivity index is 1.91. The Labute approximate surface area is 183 Å². The second-order valence-electron chi connectivity index (χ2n) is 7.51. The SMILES string of the molecule is CCN(CC)CCN(C(=O)Cc1cc(C)ccc1C)c1nc2ccc(OC)cc2s1. The summed E-state index contributed by atoms with van der Waals surface area (Å²) in [5, 5.41) is 0.751. The summed E-state index contributed by atoms with van der Waals surface area (Å²) < 4.78 is 6.37. The maximum atomic E-state index is 13.4. The molecule has 0 radical (unpaired) electrons. The van der Waals surface area contributed by atoms with Gasteiger partial charge in [0.25, 0.3) is 0 Å². The molecule has 1 amide bonds. The van der Waals surface area contributed by atoms with Crippen LogP contribution in [0.2, 0.25) is 0 Å². The van der Waals surface area contributed by atoms with Gasteiger partial charge in [-0.05, 0) is 56.3 Å². The van der Waals surface area contributed by atoms with E-state index in [1.165, 1.54) is 5.56 Å². The number of anilines is 1. The second kappa shape index (κ2) is 10.0. The summed E-state index contributed by atoms with van der Waals surface area (Å²) in [6.45, 7) is 11.8. The highest BCUT2D eigenvalue weighted by atomic mass is 32.1. The van der Waals surface area contributed by atoms with Crippen molar-refractivity contribution >= 4 is 32.6 Å². The smallest absolute Gasteiger partial charge is 0.233 e. The van der Waals surface area contributed by atoms with Crippen LogP contribution in [0.25, 0.3) is 10.2 Å². The van der Waals surface area contributed by atoms with Crippen LogP contribution in [-0.4, -0.2) is 49.1 Å². The van der Waals surface area contributed by atoms with Crippen LogP contribution in [0.1, 0.15) is 30.5 Å². The van der Waals surface area contributed by atoms with E-state index in [0.717, 1.165) is 51.9 Å². The molecule has 0 aliphatic carbocycles. The first-order valence-corrected chi connectivity index (χ1v) is 11.3. The quantitative estimate of drug-likeness (QED) is 0.492. The zero-order valence-electron chi connectivity index (χ0n) is 18.6. The van der Waals surface area contributed by atoms with Gasteiger partial charge >= 0.3 is 0 Å². The minimum atomic E-state index is 0.0851. The van der Waals surface area contributed by atoms with Gasteiger partial charge in [0.2, 0.25) is 5.91 Å². The Morgan fingerprint density at radius 2 is 1.83 bits per heavy atom. The van der Waals surface area contributed by atoms with Crippen molar-refractivity contribution in [2.24, 2.45) is 0 Å². The third-order valence-electron chi connectivity index (χ3n) is 5.50. The van der Waals surface area contributed by atoms with E-state index in [1.54, 1.807) is 18.4 Å². The molecule has 0 aliphatic rings. The molecule has 0 N–H and O–H groups in total. The van der Waals surface area contributed by atoms with Gasteiger partial charge in [-0.1, -0.05) is 48.9 Å². The lowest BCUT2D eigenvalue weighted by Gasteiger charge is -2.25. The van der Waals surface area contributed by atoms with Crippen LogP contribution in [0, 0.1) is 13.8 Å². The number of carbonyl (C=O) groups is 1. The summed E-state index contributed by atoms with van der Waals surface area (Å²) in [5.74, 6) is 0.885. The molecule has 6 heteroatoms. The second-order valence-corrected chi connectivity index (χ2v) is 8.52. The number of nitrogens with zero attached hydrogens (tertiary/aromatic N) is 3. The molecule has 1 aromatic heterocycles. The van der Waals surface area contributed by atoms with Crippen molar-refractivity contribution in [2.75, 3.05) is 38.2 Å². The Hall–Kier alpha value is -2.44. The highest BCUT2D eigenvalue weighted by Gasteiger charge is 2.21. The molecule has 30 heavy (non-hydrogen) atoms. The monoisotopic (exact) mass is 425 g/mol.